The summed E-state index contributed by atoms with van der Waals surface area (Å²) in [5.74, 6) is -0.00294. The van der Waals surface area contributed by atoms with E-state index >= 15 is 0 Å². The summed E-state index contributed by atoms with van der Waals surface area (Å²) in [7, 11) is 0. The Balaban J connectivity index is 1.90. The highest BCUT2D eigenvalue weighted by Gasteiger charge is 2.20. The van der Waals surface area contributed by atoms with Gasteiger partial charge in [-0.25, -0.2) is 4.39 Å². The quantitative estimate of drug-likeness (QED) is 0.713. The van der Waals surface area contributed by atoms with Gasteiger partial charge in [-0.2, -0.15) is 0 Å². The monoisotopic (exact) mass is 324 g/mol. The second-order valence-electron chi connectivity index (χ2n) is 5.56. The fourth-order valence-corrected chi connectivity index (χ4v) is 2.50. The third kappa shape index (κ3) is 3.68. The van der Waals surface area contributed by atoms with E-state index in [-0.39, 0.29) is 5.91 Å². The average molecular weight is 324 g/mol. The molecule has 0 atom stereocenters. The Morgan fingerprint density at radius 3 is 2.79 bits per heavy atom. The summed E-state index contributed by atoms with van der Waals surface area (Å²) >= 11 is 0. The number of halogens is 1. The van der Waals surface area contributed by atoms with Crippen LogP contribution in [0.25, 0.3) is 0 Å². The second kappa shape index (κ2) is 7.08. The van der Waals surface area contributed by atoms with E-state index in [4.69, 9.17) is 4.42 Å². The van der Waals surface area contributed by atoms with E-state index in [2.05, 4.69) is 4.98 Å². The van der Waals surface area contributed by atoms with Gasteiger partial charge in [0.15, 0.2) is 0 Å². The molecule has 0 N–H and O–H groups in total. The van der Waals surface area contributed by atoms with Crippen molar-refractivity contribution in [3.05, 3.63) is 89.4 Å². The summed E-state index contributed by atoms with van der Waals surface area (Å²) < 4.78 is 18.9. The van der Waals surface area contributed by atoms with Gasteiger partial charge in [0.1, 0.15) is 11.6 Å². The van der Waals surface area contributed by atoms with Gasteiger partial charge in [0.2, 0.25) is 0 Å². The van der Waals surface area contributed by atoms with E-state index in [1.54, 1.807) is 42.6 Å². The minimum absolute atomic E-state index is 0.243. The standard InChI is InChI=1S/C19H17FN2O2/c1-14-6-7-16(20)10-18(14)19(23)22(13-17-5-3-9-24-17)12-15-4-2-8-21-11-15/h2-11H,12-13H2,1H3. The van der Waals surface area contributed by atoms with Gasteiger partial charge < -0.3 is 9.32 Å². The first-order valence-corrected chi connectivity index (χ1v) is 7.60. The number of hydrogen-bond acceptors (Lipinski definition) is 3. The molecule has 1 aromatic carbocycles. The van der Waals surface area contributed by atoms with Crippen LogP contribution in [-0.2, 0) is 13.1 Å². The van der Waals surface area contributed by atoms with Crippen molar-refractivity contribution in [2.24, 2.45) is 0 Å². The first kappa shape index (κ1) is 15.9. The molecule has 3 aromatic rings. The number of rotatable bonds is 5. The first-order chi connectivity index (χ1) is 11.6. The number of amides is 1. The highest BCUT2D eigenvalue weighted by molar-refractivity contribution is 5.95. The van der Waals surface area contributed by atoms with Gasteiger partial charge in [0.25, 0.3) is 5.91 Å². The largest absolute Gasteiger partial charge is 0.467 e. The van der Waals surface area contributed by atoms with Gasteiger partial charge in [-0.15, -0.1) is 0 Å². The Morgan fingerprint density at radius 1 is 1.21 bits per heavy atom. The Hall–Kier alpha value is -2.95. The van der Waals surface area contributed by atoms with Crippen molar-refractivity contribution in [3.8, 4) is 0 Å². The highest BCUT2D eigenvalue weighted by Crippen LogP contribution is 2.17. The van der Waals surface area contributed by atoms with Crippen LogP contribution < -0.4 is 0 Å². The SMILES string of the molecule is Cc1ccc(F)cc1C(=O)N(Cc1cccnc1)Cc1ccco1. The van der Waals surface area contributed by atoms with Crippen molar-refractivity contribution in [2.75, 3.05) is 0 Å². The number of carbonyl (C=O) groups excluding carboxylic acids is 1. The Bertz CT molecular complexity index is 817. The van der Waals surface area contributed by atoms with E-state index in [0.717, 1.165) is 11.1 Å². The molecule has 4 nitrogen and oxygen atoms in total. The zero-order valence-electron chi connectivity index (χ0n) is 13.3. The van der Waals surface area contributed by atoms with Crippen LogP contribution in [0.15, 0.2) is 65.5 Å². The summed E-state index contributed by atoms with van der Waals surface area (Å²) in [5, 5.41) is 0. The molecule has 1 amide bonds. The van der Waals surface area contributed by atoms with Crippen LogP contribution in [0.2, 0.25) is 0 Å². The molecule has 0 aliphatic heterocycles. The molecular weight excluding hydrogens is 307 g/mol. The Labute approximate surface area is 139 Å². The number of carbonyl (C=O) groups is 1. The fraction of sp³-hybridized carbons (Fsp3) is 0.158. The molecule has 0 aliphatic carbocycles. The number of furan rings is 1. The van der Waals surface area contributed by atoms with Gasteiger partial charge >= 0.3 is 0 Å². The second-order valence-corrected chi connectivity index (χ2v) is 5.56. The Morgan fingerprint density at radius 2 is 2.08 bits per heavy atom. The lowest BCUT2D eigenvalue weighted by atomic mass is 10.1. The lowest BCUT2D eigenvalue weighted by Crippen LogP contribution is -2.30. The van der Waals surface area contributed by atoms with E-state index < -0.39 is 5.82 Å². The van der Waals surface area contributed by atoms with Crippen molar-refractivity contribution in [1.29, 1.82) is 0 Å². The average Bonchev–Trinajstić information content (AvgIpc) is 3.10. The molecule has 122 valence electrons. The van der Waals surface area contributed by atoms with Crippen LogP contribution >= 0.6 is 0 Å². The van der Waals surface area contributed by atoms with E-state index in [1.807, 2.05) is 18.2 Å². The number of aryl methyl sites for hydroxylation is 1. The first-order valence-electron chi connectivity index (χ1n) is 7.60. The minimum atomic E-state index is -0.428. The number of nitrogens with zero attached hydrogens (tertiary/aromatic N) is 2. The third-order valence-electron chi connectivity index (χ3n) is 3.74. The van der Waals surface area contributed by atoms with Crippen molar-refractivity contribution < 1.29 is 13.6 Å². The van der Waals surface area contributed by atoms with E-state index in [0.29, 0.717) is 24.4 Å². The molecular formula is C19H17FN2O2. The predicted molar refractivity (Wildman–Crippen MR) is 87.7 cm³/mol. The molecule has 0 fully saturated rings. The lowest BCUT2D eigenvalue weighted by molar-refractivity contribution is 0.0716. The zero-order valence-corrected chi connectivity index (χ0v) is 13.3. The molecule has 5 heteroatoms. The molecule has 0 unspecified atom stereocenters. The van der Waals surface area contributed by atoms with Gasteiger partial charge in [-0.05, 0) is 48.4 Å². The van der Waals surface area contributed by atoms with Crippen LogP contribution in [0.4, 0.5) is 4.39 Å². The van der Waals surface area contributed by atoms with Gasteiger partial charge in [-0.3, -0.25) is 9.78 Å². The topological polar surface area (TPSA) is 46.3 Å². The third-order valence-corrected chi connectivity index (χ3v) is 3.74. The summed E-state index contributed by atoms with van der Waals surface area (Å²) in [6.45, 7) is 2.46. The molecule has 0 saturated carbocycles. The number of pyridine rings is 1. The van der Waals surface area contributed by atoms with Crippen LogP contribution in [0.1, 0.15) is 27.2 Å². The molecule has 2 aromatic heterocycles. The van der Waals surface area contributed by atoms with Crippen LogP contribution in [0.3, 0.4) is 0 Å². The van der Waals surface area contributed by atoms with E-state index in [1.165, 1.54) is 12.1 Å². The number of aromatic nitrogens is 1. The van der Waals surface area contributed by atoms with Crippen molar-refractivity contribution in [2.45, 2.75) is 20.0 Å². The predicted octanol–water partition coefficient (Wildman–Crippen LogP) is 3.96. The zero-order chi connectivity index (χ0) is 16.9. The van der Waals surface area contributed by atoms with Crippen LogP contribution in [-0.4, -0.2) is 15.8 Å². The number of hydrogen-bond donors (Lipinski definition) is 0. The summed E-state index contributed by atoms with van der Waals surface area (Å²) in [4.78, 5) is 18.6. The minimum Gasteiger partial charge on any atom is -0.467 e. The van der Waals surface area contributed by atoms with Gasteiger partial charge in [0.05, 0.1) is 12.8 Å². The maximum absolute atomic E-state index is 13.6. The molecule has 0 aliphatic rings. The summed E-state index contributed by atoms with van der Waals surface area (Å²) in [6, 6.07) is 11.5. The maximum atomic E-state index is 13.6. The highest BCUT2D eigenvalue weighted by atomic mass is 19.1. The van der Waals surface area contributed by atoms with Crippen molar-refractivity contribution in [1.82, 2.24) is 9.88 Å². The maximum Gasteiger partial charge on any atom is 0.254 e. The van der Waals surface area contributed by atoms with Gasteiger partial charge in [-0.1, -0.05) is 12.1 Å². The van der Waals surface area contributed by atoms with Crippen molar-refractivity contribution >= 4 is 5.91 Å². The summed E-state index contributed by atoms with van der Waals surface area (Å²) in [5.41, 5.74) is 1.98. The molecule has 2 heterocycles. The summed E-state index contributed by atoms with van der Waals surface area (Å²) in [6.07, 6.45) is 4.95. The fourth-order valence-electron chi connectivity index (χ4n) is 2.50. The molecule has 0 saturated heterocycles. The molecule has 0 bridgehead atoms. The molecule has 0 radical (unpaired) electrons. The van der Waals surface area contributed by atoms with Crippen molar-refractivity contribution in [3.63, 3.8) is 0 Å². The molecule has 24 heavy (non-hydrogen) atoms. The number of benzene rings is 1. The molecule has 0 spiro atoms. The lowest BCUT2D eigenvalue weighted by Gasteiger charge is -2.22. The van der Waals surface area contributed by atoms with Crippen LogP contribution in [0.5, 0.6) is 0 Å². The smallest absolute Gasteiger partial charge is 0.254 e. The van der Waals surface area contributed by atoms with Crippen LogP contribution in [0, 0.1) is 12.7 Å². The molecule has 3 rings (SSSR count). The van der Waals surface area contributed by atoms with Gasteiger partial charge in [0, 0.05) is 24.5 Å². The van der Waals surface area contributed by atoms with E-state index in [9.17, 15) is 9.18 Å². The Kier molecular flexibility index (Phi) is 4.70. The normalized spacial score (nSPS) is 10.6.